The van der Waals surface area contributed by atoms with Crippen LogP contribution in [0.15, 0.2) is 0 Å². The Labute approximate surface area is 96.7 Å². The number of rotatable bonds is 8. The highest BCUT2D eigenvalue weighted by atomic mass is 32.2. The van der Waals surface area contributed by atoms with Gasteiger partial charge in [0.25, 0.3) is 0 Å². The molecule has 0 amide bonds. The third-order valence-electron chi connectivity index (χ3n) is 1.82. The van der Waals surface area contributed by atoms with Gasteiger partial charge in [-0.2, -0.15) is 0 Å². The molecule has 0 saturated heterocycles. The lowest BCUT2D eigenvalue weighted by atomic mass is 10.1. The molecule has 7 heteroatoms. The quantitative estimate of drug-likeness (QED) is 0.521. The van der Waals surface area contributed by atoms with E-state index in [9.17, 15) is 13.5 Å². The fraction of sp³-hybridized carbons (Fsp3) is 1.00. The van der Waals surface area contributed by atoms with Gasteiger partial charge in [-0.1, -0.05) is 0 Å². The van der Waals surface area contributed by atoms with Crippen molar-refractivity contribution < 1.29 is 23.4 Å². The number of ether oxygens (including phenoxy) is 1. The summed E-state index contributed by atoms with van der Waals surface area (Å²) in [6.45, 7) is 4.37. The first-order valence-electron chi connectivity index (χ1n) is 5.11. The molecule has 3 N–H and O–H groups in total. The highest BCUT2D eigenvalue weighted by molar-refractivity contribution is 7.89. The van der Waals surface area contributed by atoms with Gasteiger partial charge in [-0.3, -0.25) is 0 Å². The van der Waals surface area contributed by atoms with Crippen LogP contribution in [-0.2, 0) is 14.8 Å². The van der Waals surface area contributed by atoms with Crippen LogP contribution in [0, 0.1) is 0 Å². The number of sulfonamides is 1. The standard InChI is InChI=1S/C9H21NO5S/c1-8(2)15-4-5-16(13,14)10-6-9(3,12)7-11/h8,10-12H,4-7H2,1-3H3. The van der Waals surface area contributed by atoms with Crippen LogP contribution in [0.25, 0.3) is 0 Å². The van der Waals surface area contributed by atoms with Crippen LogP contribution in [0.4, 0.5) is 0 Å². The molecule has 0 saturated carbocycles. The first-order valence-corrected chi connectivity index (χ1v) is 6.76. The summed E-state index contributed by atoms with van der Waals surface area (Å²) in [4.78, 5) is 0. The molecular weight excluding hydrogens is 234 g/mol. The minimum absolute atomic E-state index is 0.0178. The fourth-order valence-electron chi connectivity index (χ4n) is 0.787. The average Bonchev–Trinajstić information content (AvgIpc) is 2.14. The maximum absolute atomic E-state index is 11.4. The molecule has 16 heavy (non-hydrogen) atoms. The van der Waals surface area contributed by atoms with Crippen molar-refractivity contribution in [3.63, 3.8) is 0 Å². The minimum atomic E-state index is -3.47. The van der Waals surface area contributed by atoms with E-state index in [-0.39, 0.29) is 25.0 Å². The van der Waals surface area contributed by atoms with Gasteiger partial charge in [0, 0.05) is 6.54 Å². The van der Waals surface area contributed by atoms with Gasteiger partial charge in [-0.15, -0.1) is 0 Å². The summed E-state index contributed by atoms with van der Waals surface area (Å²) in [6.07, 6.45) is -0.0178. The van der Waals surface area contributed by atoms with E-state index in [1.807, 2.05) is 13.8 Å². The zero-order valence-electron chi connectivity index (χ0n) is 9.93. The second-order valence-electron chi connectivity index (χ2n) is 4.21. The van der Waals surface area contributed by atoms with Crippen molar-refractivity contribution >= 4 is 10.0 Å². The summed E-state index contributed by atoms with van der Waals surface area (Å²) in [5.41, 5.74) is -1.44. The molecule has 0 aliphatic heterocycles. The van der Waals surface area contributed by atoms with E-state index in [4.69, 9.17) is 9.84 Å². The first kappa shape index (κ1) is 15.8. The summed E-state index contributed by atoms with van der Waals surface area (Å²) in [7, 11) is -3.47. The van der Waals surface area contributed by atoms with Crippen LogP contribution in [0.2, 0.25) is 0 Å². The molecule has 6 nitrogen and oxygen atoms in total. The van der Waals surface area contributed by atoms with Gasteiger partial charge in [0.2, 0.25) is 10.0 Å². The fourth-order valence-corrected chi connectivity index (χ4v) is 1.78. The Morgan fingerprint density at radius 2 is 2.00 bits per heavy atom. The lowest BCUT2D eigenvalue weighted by molar-refractivity contribution is 0.00674. The molecule has 0 spiro atoms. The van der Waals surface area contributed by atoms with Gasteiger partial charge in [-0.25, -0.2) is 13.1 Å². The summed E-state index contributed by atoms with van der Waals surface area (Å²) in [5, 5.41) is 18.1. The largest absolute Gasteiger partial charge is 0.393 e. The van der Waals surface area contributed by atoms with Gasteiger partial charge < -0.3 is 14.9 Å². The van der Waals surface area contributed by atoms with E-state index in [2.05, 4.69) is 4.72 Å². The molecule has 98 valence electrons. The number of hydrogen-bond acceptors (Lipinski definition) is 5. The monoisotopic (exact) mass is 255 g/mol. The normalized spacial score (nSPS) is 16.4. The Morgan fingerprint density at radius 3 is 2.44 bits per heavy atom. The summed E-state index contributed by atoms with van der Waals surface area (Å²) >= 11 is 0. The summed E-state index contributed by atoms with van der Waals surface area (Å²) in [6, 6.07) is 0. The maximum Gasteiger partial charge on any atom is 0.213 e. The van der Waals surface area contributed by atoms with Crippen LogP contribution in [-0.4, -0.2) is 55.8 Å². The van der Waals surface area contributed by atoms with E-state index >= 15 is 0 Å². The van der Waals surface area contributed by atoms with Crippen LogP contribution >= 0.6 is 0 Å². The molecule has 0 aromatic rings. The van der Waals surface area contributed by atoms with Crippen molar-refractivity contribution in [1.82, 2.24) is 4.72 Å². The SMILES string of the molecule is CC(C)OCCS(=O)(=O)NCC(C)(O)CO. The van der Waals surface area contributed by atoms with E-state index in [1.54, 1.807) is 0 Å². The molecule has 0 bridgehead atoms. The molecule has 0 aliphatic rings. The predicted octanol–water partition coefficient (Wildman–Crippen LogP) is -0.926. The van der Waals surface area contributed by atoms with E-state index in [1.165, 1.54) is 6.92 Å². The third kappa shape index (κ3) is 8.00. The lowest BCUT2D eigenvalue weighted by Crippen LogP contribution is -2.44. The van der Waals surface area contributed by atoms with Crippen LogP contribution in [0.1, 0.15) is 20.8 Å². The molecule has 0 heterocycles. The number of nitrogens with one attached hydrogen (secondary N) is 1. The van der Waals surface area contributed by atoms with Gasteiger partial charge >= 0.3 is 0 Å². The van der Waals surface area contributed by atoms with E-state index in [0.29, 0.717) is 0 Å². The summed E-state index contributed by atoms with van der Waals surface area (Å²) < 4.78 is 30.1. The molecular formula is C9H21NO5S. The number of aliphatic hydroxyl groups is 2. The van der Waals surface area contributed by atoms with Crippen molar-refractivity contribution in [2.24, 2.45) is 0 Å². The van der Waals surface area contributed by atoms with Crippen LogP contribution in [0.5, 0.6) is 0 Å². The van der Waals surface area contributed by atoms with Crippen LogP contribution in [0.3, 0.4) is 0 Å². The number of aliphatic hydroxyl groups excluding tert-OH is 1. The molecule has 0 aromatic heterocycles. The van der Waals surface area contributed by atoms with Gasteiger partial charge in [-0.05, 0) is 20.8 Å². The zero-order chi connectivity index (χ0) is 12.8. The first-order chi connectivity index (χ1) is 7.18. The molecule has 0 rings (SSSR count). The molecule has 1 unspecified atom stereocenters. The molecule has 0 aliphatic carbocycles. The Hall–Kier alpha value is -0.210. The Kier molecular flexibility index (Phi) is 6.42. The highest BCUT2D eigenvalue weighted by Gasteiger charge is 2.22. The second kappa shape index (κ2) is 6.51. The Balaban J connectivity index is 3.97. The van der Waals surface area contributed by atoms with E-state index in [0.717, 1.165) is 0 Å². The van der Waals surface area contributed by atoms with Crippen molar-refractivity contribution in [1.29, 1.82) is 0 Å². The summed E-state index contributed by atoms with van der Waals surface area (Å²) in [5.74, 6) is -0.160. The zero-order valence-corrected chi connectivity index (χ0v) is 10.7. The van der Waals surface area contributed by atoms with Crippen molar-refractivity contribution in [2.75, 3.05) is 25.5 Å². The lowest BCUT2D eigenvalue weighted by Gasteiger charge is -2.20. The molecule has 0 fully saturated rings. The van der Waals surface area contributed by atoms with E-state index < -0.39 is 22.2 Å². The van der Waals surface area contributed by atoms with Gasteiger partial charge in [0.15, 0.2) is 0 Å². The average molecular weight is 255 g/mol. The molecule has 0 aromatic carbocycles. The van der Waals surface area contributed by atoms with Gasteiger partial charge in [0.1, 0.15) is 0 Å². The van der Waals surface area contributed by atoms with Crippen molar-refractivity contribution in [2.45, 2.75) is 32.5 Å². The Morgan fingerprint density at radius 1 is 1.44 bits per heavy atom. The predicted molar refractivity (Wildman–Crippen MR) is 60.6 cm³/mol. The topological polar surface area (TPSA) is 95.9 Å². The minimum Gasteiger partial charge on any atom is -0.393 e. The number of hydrogen-bond donors (Lipinski definition) is 3. The second-order valence-corrected chi connectivity index (χ2v) is 6.14. The Bertz CT molecular complexity index is 286. The third-order valence-corrected chi connectivity index (χ3v) is 3.11. The smallest absolute Gasteiger partial charge is 0.213 e. The highest BCUT2D eigenvalue weighted by Crippen LogP contribution is 2.00. The van der Waals surface area contributed by atoms with Crippen molar-refractivity contribution in [3.8, 4) is 0 Å². The van der Waals surface area contributed by atoms with Gasteiger partial charge in [0.05, 0.1) is 30.7 Å². The van der Waals surface area contributed by atoms with Crippen molar-refractivity contribution in [3.05, 3.63) is 0 Å². The molecule has 1 atom stereocenters. The van der Waals surface area contributed by atoms with Crippen LogP contribution < -0.4 is 4.72 Å². The maximum atomic E-state index is 11.4. The molecule has 0 radical (unpaired) electrons.